The molecular weight excluding hydrogens is 254 g/mol. The molecule has 0 spiro atoms. The number of aromatic nitrogens is 2. The predicted molar refractivity (Wildman–Crippen MR) is 70.8 cm³/mol. The van der Waals surface area contributed by atoms with Crippen molar-refractivity contribution >= 4 is 17.5 Å². The Morgan fingerprint density at radius 2 is 2.17 bits per heavy atom. The topological polar surface area (TPSA) is 55.2 Å². The van der Waals surface area contributed by atoms with Crippen molar-refractivity contribution < 1.29 is 4.79 Å². The maximum atomic E-state index is 11.8. The summed E-state index contributed by atoms with van der Waals surface area (Å²) in [7, 11) is 3.44. The number of carbonyl (C=O) groups excluding carboxylic acids is 1. The molecule has 0 saturated carbocycles. The van der Waals surface area contributed by atoms with Crippen LogP contribution in [0.15, 0.2) is 10.9 Å². The van der Waals surface area contributed by atoms with E-state index in [-0.39, 0.29) is 16.6 Å². The van der Waals surface area contributed by atoms with Gasteiger partial charge in [0.2, 0.25) is 5.91 Å². The van der Waals surface area contributed by atoms with Crippen LogP contribution < -0.4 is 5.56 Å². The summed E-state index contributed by atoms with van der Waals surface area (Å²) >= 11 is 5.74. The molecule has 0 fully saturated rings. The molecule has 0 aliphatic rings. The van der Waals surface area contributed by atoms with Gasteiger partial charge in [0.1, 0.15) is 11.0 Å². The quantitative estimate of drug-likeness (QED) is 0.759. The van der Waals surface area contributed by atoms with Gasteiger partial charge in [0, 0.05) is 39.5 Å². The molecule has 1 aromatic heterocycles. The van der Waals surface area contributed by atoms with Crippen LogP contribution in [0.2, 0.25) is 5.15 Å². The van der Waals surface area contributed by atoms with Gasteiger partial charge in [0.25, 0.3) is 5.56 Å². The number of nitrogens with zero attached hydrogens (tertiary/aromatic N) is 3. The monoisotopic (exact) mass is 271 g/mol. The van der Waals surface area contributed by atoms with Crippen LogP contribution >= 0.6 is 11.6 Å². The molecule has 0 saturated heterocycles. The highest BCUT2D eigenvalue weighted by Crippen LogP contribution is 2.05. The van der Waals surface area contributed by atoms with E-state index in [9.17, 15) is 9.59 Å². The van der Waals surface area contributed by atoms with Crippen molar-refractivity contribution in [3.63, 3.8) is 0 Å². The number of hydrogen-bond acceptors (Lipinski definition) is 3. The summed E-state index contributed by atoms with van der Waals surface area (Å²) < 4.78 is 1.58. The molecule has 5 nitrogen and oxygen atoms in total. The lowest BCUT2D eigenvalue weighted by atomic mass is 10.2. The SMILES string of the molecule is CCc1nc(Cl)cc(=O)n1CCCC(=O)N(C)C. The number of rotatable bonds is 5. The van der Waals surface area contributed by atoms with E-state index in [2.05, 4.69) is 4.98 Å². The van der Waals surface area contributed by atoms with Gasteiger partial charge in [-0.3, -0.25) is 14.2 Å². The Balaban J connectivity index is 2.73. The third kappa shape index (κ3) is 3.84. The molecule has 0 aromatic carbocycles. The lowest BCUT2D eigenvalue weighted by molar-refractivity contribution is -0.128. The zero-order chi connectivity index (χ0) is 13.7. The van der Waals surface area contributed by atoms with Gasteiger partial charge < -0.3 is 4.90 Å². The fourth-order valence-corrected chi connectivity index (χ4v) is 1.83. The summed E-state index contributed by atoms with van der Waals surface area (Å²) in [6.07, 6.45) is 1.68. The Morgan fingerprint density at radius 1 is 1.50 bits per heavy atom. The lowest BCUT2D eigenvalue weighted by Gasteiger charge is -2.12. The van der Waals surface area contributed by atoms with Crippen LogP contribution in [0.25, 0.3) is 0 Å². The average molecular weight is 272 g/mol. The summed E-state index contributed by atoms with van der Waals surface area (Å²) in [5.74, 6) is 0.716. The highest BCUT2D eigenvalue weighted by Gasteiger charge is 2.08. The second kappa shape index (κ2) is 6.54. The molecule has 0 aliphatic carbocycles. The number of hydrogen-bond donors (Lipinski definition) is 0. The van der Waals surface area contributed by atoms with Crippen molar-refractivity contribution in [1.82, 2.24) is 14.5 Å². The number of aryl methyl sites for hydroxylation is 1. The first-order valence-corrected chi connectivity index (χ1v) is 6.30. The van der Waals surface area contributed by atoms with E-state index in [1.54, 1.807) is 23.6 Å². The minimum atomic E-state index is -0.163. The highest BCUT2D eigenvalue weighted by atomic mass is 35.5. The summed E-state index contributed by atoms with van der Waals surface area (Å²) in [5, 5.41) is 0.220. The van der Waals surface area contributed by atoms with E-state index in [1.807, 2.05) is 6.92 Å². The zero-order valence-electron chi connectivity index (χ0n) is 10.9. The van der Waals surface area contributed by atoms with Crippen molar-refractivity contribution in [2.45, 2.75) is 32.7 Å². The normalized spacial score (nSPS) is 10.4. The Bertz CT molecular complexity index is 483. The van der Waals surface area contributed by atoms with Crippen molar-refractivity contribution in [1.29, 1.82) is 0 Å². The first-order valence-electron chi connectivity index (χ1n) is 5.92. The molecule has 0 aliphatic heterocycles. The molecule has 1 aromatic rings. The largest absolute Gasteiger partial charge is 0.349 e. The fourth-order valence-electron chi connectivity index (χ4n) is 1.64. The van der Waals surface area contributed by atoms with Crippen molar-refractivity contribution in [3.05, 3.63) is 27.4 Å². The van der Waals surface area contributed by atoms with Gasteiger partial charge in [0.15, 0.2) is 0 Å². The second-order valence-electron chi connectivity index (χ2n) is 4.23. The lowest BCUT2D eigenvalue weighted by Crippen LogP contribution is -2.26. The number of halogens is 1. The van der Waals surface area contributed by atoms with Crippen molar-refractivity contribution in [2.75, 3.05) is 14.1 Å². The van der Waals surface area contributed by atoms with E-state index in [1.165, 1.54) is 6.07 Å². The van der Waals surface area contributed by atoms with E-state index in [4.69, 9.17) is 11.6 Å². The summed E-state index contributed by atoms with van der Waals surface area (Å²) in [6, 6.07) is 1.30. The Morgan fingerprint density at radius 3 is 2.72 bits per heavy atom. The molecule has 0 N–H and O–H groups in total. The van der Waals surface area contributed by atoms with Gasteiger partial charge in [-0.25, -0.2) is 4.98 Å². The Hall–Kier alpha value is -1.36. The first kappa shape index (κ1) is 14.7. The van der Waals surface area contributed by atoms with Crippen LogP contribution in [0.5, 0.6) is 0 Å². The highest BCUT2D eigenvalue weighted by molar-refractivity contribution is 6.29. The molecule has 0 radical (unpaired) electrons. The molecule has 0 bridgehead atoms. The molecule has 100 valence electrons. The molecule has 1 rings (SSSR count). The maximum Gasteiger partial charge on any atom is 0.254 e. The standard InChI is InChI=1S/C12H18ClN3O2/c1-4-10-14-9(13)8-12(18)16(10)7-5-6-11(17)15(2)3/h8H,4-7H2,1-3H3. The maximum absolute atomic E-state index is 11.8. The third-order valence-corrected chi connectivity index (χ3v) is 2.84. The summed E-state index contributed by atoms with van der Waals surface area (Å²) in [6.45, 7) is 2.41. The first-order chi connectivity index (χ1) is 8.45. The smallest absolute Gasteiger partial charge is 0.254 e. The van der Waals surface area contributed by atoms with Crippen LogP contribution in [0.3, 0.4) is 0 Å². The van der Waals surface area contributed by atoms with Gasteiger partial charge in [-0.05, 0) is 6.42 Å². The average Bonchev–Trinajstić information content (AvgIpc) is 2.30. The van der Waals surface area contributed by atoms with E-state index in [0.717, 1.165) is 0 Å². The van der Waals surface area contributed by atoms with Crippen LogP contribution in [-0.4, -0.2) is 34.5 Å². The van der Waals surface area contributed by atoms with Gasteiger partial charge in [0.05, 0.1) is 0 Å². The minimum Gasteiger partial charge on any atom is -0.349 e. The summed E-state index contributed by atoms with van der Waals surface area (Å²) in [4.78, 5) is 28.9. The van der Waals surface area contributed by atoms with Gasteiger partial charge in [-0.2, -0.15) is 0 Å². The van der Waals surface area contributed by atoms with Crippen molar-refractivity contribution in [3.8, 4) is 0 Å². The molecule has 6 heteroatoms. The number of carbonyl (C=O) groups is 1. The molecule has 1 amide bonds. The van der Waals surface area contributed by atoms with Gasteiger partial charge >= 0.3 is 0 Å². The number of amides is 1. The molecule has 18 heavy (non-hydrogen) atoms. The van der Waals surface area contributed by atoms with Crippen LogP contribution in [0, 0.1) is 0 Å². The van der Waals surface area contributed by atoms with E-state index in [0.29, 0.717) is 31.6 Å². The second-order valence-corrected chi connectivity index (χ2v) is 4.62. The van der Waals surface area contributed by atoms with Crippen molar-refractivity contribution in [2.24, 2.45) is 0 Å². The summed E-state index contributed by atoms with van der Waals surface area (Å²) in [5.41, 5.74) is -0.163. The Labute approximate surface area is 111 Å². The minimum absolute atomic E-state index is 0.0584. The van der Waals surface area contributed by atoms with Gasteiger partial charge in [-0.1, -0.05) is 18.5 Å². The van der Waals surface area contributed by atoms with Crippen LogP contribution in [-0.2, 0) is 17.8 Å². The van der Waals surface area contributed by atoms with E-state index < -0.39 is 0 Å². The van der Waals surface area contributed by atoms with Crippen LogP contribution in [0.1, 0.15) is 25.6 Å². The molecular formula is C12H18ClN3O2. The zero-order valence-corrected chi connectivity index (χ0v) is 11.7. The third-order valence-electron chi connectivity index (χ3n) is 2.64. The van der Waals surface area contributed by atoms with Crippen LogP contribution in [0.4, 0.5) is 0 Å². The molecule has 1 heterocycles. The molecule has 0 unspecified atom stereocenters. The van der Waals surface area contributed by atoms with E-state index >= 15 is 0 Å². The molecule has 0 atom stereocenters. The predicted octanol–water partition coefficient (Wildman–Crippen LogP) is 1.33. The Kier molecular flexibility index (Phi) is 5.34. The fraction of sp³-hybridized carbons (Fsp3) is 0.583. The van der Waals surface area contributed by atoms with Gasteiger partial charge in [-0.15, -0.1) is 0 Å².